The van der Waals surface area contributed by atoms with Crippen LogP contribution in [-0.4, -0.2) is 80.9 Å². The lowest BCUT2D eigenvalue weighted by Crippen LogP contribution is -2.47. The number of aromatic nitrogens is 3. The van der Waals surface area contributed by atoms with Gasteiger partial charge in [0.05, 0.1) is 12.2 Å². The zero-order valence-corrected chi connectivity index (χ0v) is 26.0. The maximum absolute atomic E-state index is 12.0. The van der Waals surface area contributed by atoms with Crippen molar-refractivity contribution in [2.24, 2.45) is 0 Å². The number of carboxylic acids is 1. The first kappa shape index (κ1) is 34.3. The average Bonchev–Trinajstić information content (AvgIpc) is 3.04. The maximum Gasteiger partial charge on any atom is 0.490 e. The van der Waals surface area contributed by atoms with Gasteiger partial charge in [-0.1, -0.05) is 66.4 Å². The number of rotatable bonds is 8. The fourth-order valence-corrected chi connectivity index (χ4v) is 5.18. The second kappa shape index (κ2) is 15.6. The molecule has 1 saturated heterocycles. The molecule has 5 rings (SSSR count). The number of fused-ring (bicyclic) bond motifs is 1. The van der Waals surface area contributed by atoms with Crippen LogP contribution < -0.4 is 10.6 Å². The van der Waals surface area contributed by atoms with E-state index in [4.69, 9.17) is 14.9 Å². The molecule has 1 aliphatic rings. The third-order valence-electron chi connectivity index (χ3n) is 7.14. The molecule has 0 atom stereocenters. The largest absolute Gasteiger partial charge is 0.490 e. The molecular formula is C32H33F3N6O4S. The number of carbonyl (C=O) groups excluding carboxylic acids is 2. The Balaban J connectivity index is 0.000000617. The molecule has 0 unspecified atom stereocenters. The van der Waals surface area contributed by atoms with Gasteiger partial charge in [-0.25, -0.2) is 19.7 Å². The molecule has 2 aromatic carbocycles. The second-order valence-electron chi connectivity index (χ2n) is 10.5. The normalized spacial score (nSPS) is 13.8. The zero-order valence-electron chi connectivity index (χ0n) is 25.2. The van der Waals surface area contributed by atoms with E-state index >= 15 is 0 Å². The van der Waals surface area contributed by atoms with Crippen LogP contribution in [-0.2, 0) is 20.9 Å². The molecule has 4 aromatic rings. The Bertz CT molecular complexity index is 1660. The number of halogens is 3. The third kappa shape index (κ3) is 9.72. The highest BCUT2D eigenvalue weighted by molar-refractivity contribution is 7.98. The number of pyridine rings is 1. The first-order chi connectivity index (χ1) is 21.9. The standard InChI is InChI=1S/C30H32N6O2S.C2HF3O2/c1-20(37)31-18-27(38)33-25-12-14-36(15-13-25)19-21-8-10-23(11-9-21)28-26(22-6-4-3-5-7-22)16-24-17-32-30(39-2)35-29(24)34-28;3-2(4,5)1(6)7/h3-11,16-17,25H,12-15,18-19H2,1-2H3,(H,31,37)(H,33,38);(H,6,7). The molecular weight excluding hydrogens is 621 g/mol. The van der Waals surface area contributed by atoms with E-state index in [0.717, 1.165) is 60.2 Å². The molecule has 46 heavy (non-hydrogen) atoms. The van der Waals surface area contributed by atoms with Crippen molar-refractivity contribution < 1.29 is 32.7 Å². The summed E-state index contributed by atoms with van der Waals surface area (Å²) in [5.41, 5.74) is 6.04. The number of carboxylic acid groups (broad SMARTS) is 1. The lowest BCUT2D eigenvalue weighted by molar-refractivity contribution is -0.192. The van der Waals surface area contributed by atoms with Crippen LogP contribution in [0.2, 0.25) is 0 Å². The van der Waals surface area contributed by atoms with E-state index in [1.165, 1.54) is 24.2 Å². The fraction of sp³-hybridized carbons (Fsp3) is 0.312. The second-order valence-corrected chi connectivity index (χ2v) is 11.3. The molecule has 0 spiro atoms. The Morgan fingerprint density at radius 2 is 1.65 bits per heavy atom. The van der Waals surface area contributed by atoms with E-state index in [9.17, 15) is 22.8 Å². The highest BCUT2D eigenvalue weighted by Gasteiger charge is 2.38. The van der Waals surface area contributed by atoms with E-state index in [0.29, 0.717) is 10.8 Å². The van der Waals surface area contributed by atoms with Crippen LogP contribution in [0, 0.1) is 0 Å². The zero-order chi connectivity index (χ0) is 33.3. The monoisotopic (exact) mass is 654 g/mol. The lowest BCUT2D eigenvalue weighted by atomic mass is 9.97. The SMILES string of the molecule is CSc1ncc2cc(-c3ccccc3)c(-c3ccc(CN4CCC(NC(=O)CNC(C)=O)CC4)cc3)nc2n1.O=C(O)C(F)(F)F. The molecule has 14 heteroatoms. The number of thioether (sulfide) groups is 1. The minimum Gasteiger partial charge on any atom is -0.475 e. The number of aliphatic carboxylic acids is 1. The maximum atomic E-state index is 12.0. The van der Waals surface area contributed by atoms with Crippen molar-refractivity contribution >= 4 is 40.6 Å². The molecule has 3 N–H and O–H groups in total. The minimum absolute atomic E-state index is 0.0334. The number of hydrogen-bond acceptors (Lipinski definition) is 8. The summed E-state index contributed by atoms with van der Waals surface area (Å²) >= 11 is 1.51. The molecule has 0 radical (unpaired) electrons. The average molecular weight is 655 g/mol. The first-order valence-corrected chi connectivity index (χ1v) is 15.6. The molecule has 1 fully saturated rings. The number of nitrogens with zero attached hydrogens (tertiary/aromatic N) is 4. The van der Waals surface area contributed by atoms with E-state index < -0.39 is 12.1 Å². The quantitative estimate of drug-likeness (QED) is 0.178. The number of benzene rings is 2. The van der Waals surface area contributed by atoms with Crippen molar-refractivity contribution in [3.8, 4) is 22.4 Å². The number of piperidine rings is 1. The van der Waals surface area contributed by atoms with E-state index in [1.54, 1.807) is 0 Å². The van der Waals surface area contributed by atoms with Crippen molar-refractivity contribution in [2.75, 3.05) is 25.9 Å². The van der Waals surface area contributed by atoms with Crippen LogP contribution in [0.5, 0.6) is 0 Å². The van der Waals surface area contributed by atoms with Crippen molar-refractivity contribution in [1.29, 1.82) is 0 Å². The van der Waals surface area contributed by atoms with Crippen LogP contribution in [0.15, 0.2) is 72.0 Å². The van der Waals surface area contributed by atoms with Gasteiger partial charge in [-0.3, -0.25) is 14.5 Å². The Kier molecular flexibility index (Phi) is 11.7. The number of hydrogen-bond donors (Lipinski definition) is 3. The van der Waals surface area contributed by atoms with Gasteiger partial charge in [0.25, 0.3) is 0 Å². The smallest absolute Gasteiger partial charge is 0.475 e. The van der Waals surface area contributed by atoms with Gasteiger partial charge >= 0.3 is 12.1 Å². The molecule has 3 heterocycles. The summed E-state index contributed by atoms with van der Waals surface area (Å²) in [6.45, 7) is 4.12. The summed E-state index contributed by atoms with van der Waals surface area (Å²) in [4.78, 5) is 48.4. The highest BCUT2D eigenvalue weighted by Crippen LogP contribution is 2.33. The topological polar surface area (TPSA) is 137 Å². The van der Waals surface area contributed by atoms with Crippen LogP contribution in [0.4, 0.5) is 13.2 Å². The summed E-state index contributed by atoms with van der Waals surface area (Å²) < 4.78 is 31.7. The number of alkyl halides is 3. The van der Waals surface area contributed by atoms with Gasteiger partial charge in [-0.05, 0) is 36.3 Å². The van der Waals surface area contributed by atoms with Crippen LogP contribution in [0.25, 0.3) is 33.4 Å². The van der Waals surface area contributed by atoms with Gasteiger partial charge < -0.3 is 15.7 Å². The Morgan fingerprint density at radius 1 is 1.00 bits per heavy atom. The number of amides is 2. The van der Waals surface area contributed by atoms with E-state index in [1.807, 2.05) is 30.7 Å². The Labute approximate surface area is 267 Å². The Hall–Kier alpha value is -4.56. The third-order valence-corrected chi connectivity index (χ3v) is 7.70. The van der Waals surface area contributed by atoms with Crippen molar-refractivity contribution in [3.05, 3.63) is 72.4 Å². The van der Waals surface area contributed by atoms with Crippen molar-refractivity contribution in [1.82, 2.24) is 30.5 Å². The molecule has 1 aliphatic heterocycles. The summed E-state index contributed by atoms with van der Waals surface area (Å²) in [5, 5.41) is 14.3. The lowest BCUT2D eigenvalue weighted by Gasteiger charge is -2.32. The van der Waals surface area contributed by atoms with Gasteiger partial charge in [-0.2, -0.15) is 13.2 Å². The number of likely N-dealkylation sites (tertiary alicyclic amines) is 1. The van der Waals surface area contributed by atoms with Crippen LogP contribution in [0.1, 0.15) is 25.3 Å². The summed E-state index contributed by atoms with van der Waals surface area (Å²) in [5.74, 6) is -3.09. The predicted octanol–water partition coefficient (Wildman–Crippen LogP) is 4.93. The molecule has 10 nitrogen and oxygen atoms in total. The van der Waals surface area contributed by atoms with Crippen LogP contribution >= 0.6 is 11.8 Å². The molecule has 0 bridgehead atoms. The summed E-state index contributed by atoms with van der Waals surface area (Å²) in [6.07, 6.45) is 0.514. The van der Waals surface area contributed by atoms with Gasteiger partial charge in [0.1, 0.15) is 0 Å². The van der Waals surface area contributed by atoms with Gasteiger partial charge in [0.15, 0.2) is 10.8 Å². The molecule has 0 aliphatic carbocycles. The van der Waals surface area contributed by atoms with Gasteiger partial charge in [0, 0.05) is 55.3 Å². The number of carbonyl (C=O) groups is 3. The van der Waals surface area contributed by atoms with E-state index in [2.05, 4.69) is 68.0 Å². The summed E-state index contributed by atoms with van der Waals surface area (Å²) in [6, 6.07) is 21.2. The number of nitrogens with one attached hydrogen (secondary N) is 2. The fourth-order valence-electron chi connectivity index (χ4n) is 4.85. The van der Waals surface area contributed by atoms with Crippen molar-refractivity contribution in [2.45, 2.75) is 43.7 Å². The molecule has 2 aromatic heterocycles. The predicted molar refractivity (Wildman–Crippen MR) is 169 cm³/mol. The molecule has 0 saturated carbocycles. The van der Waals surface area contributed by atoms with Gasteiger partial charge in [-0.15, -0.1) is 0 Å². The molecule has 242 valence electrons. The highest BCUT2D eigenvalue weighted by atomic mass is 32.2. The Morgan fingerprint density at radius 3 is 2.24 bits per heavy atom. The van der Waals surface area contributed by atoms with Crippen molar-refractivity contribution in [3.63, 3.8) is 0 Å². The summed E-state index contributed by atoms with van der Waals surface area (Å²) in [7, 11) is 0. The molecule has 2 amide bonds. The van der Waals surface area contributed by atoms with Crippen LogP contribution in [0.3, 0.4) is 0 Å². The van der Waals surface area contributed by atoms with E-state index in [-0.39, 0.29) is 24.4 Å². The first-order valence-electron chi connectivity index (χ1n) is 14.4. The minimum atomic E-state index is -5.08. The van der Waals surface area contributed by atoms with Gasteiger partial charge in [0.2, 0.25) is 11.8 Å².